The number of methoxy groups -OCH3 is 2. The summed E-state index contributed by atoms with van der Waals surface area (Å²) < 4.78 is 43.6. The number of anilines is 1. The van der Waals surface area contributed by atoms with Crippen molar-refractivity contribution >= 4 is 12.2 Å². The van der Waals surface area contributed by atoms with Crippen molar-refractivity contribution in [2.75, 3.05) is 26.1 Å². The van der Waals surface area contributed by atoms with Gasteiger partial charge in [-0.25, -0.2) is 18.7 Å². The smallest absolute Gasteiger partial charge is 0.223 e. The molecule has 0 spiro atoms. The number of halogens is 2. The Kier molecular flexibility index (Phi) is 6.42. The molecule has 0 bridgehead atoms. The molecule has 2 aromatic rings. The van der Waals surface area contributed by atoms with Crippen molar-refractivity contribution in [3.8, 4) is 17.2 Å². The molecule has 7 nitrogen and oxygen atoms in total. The minimum Gasteiger partial charge on any atom is -0.494 e. The standard InChI is InChI=1S/C17H18F2N4O3/c1-10(5-20)6-21-17-22-7-11(8-23-17)26-9-12-15(18)13(24-2)4-14(25-3)16(12)19/h4-5,7-8,20H,1,6,9H2,2-3H3,(H,21,22,23). The summed E-state index contributed by atoms with van der Waals surface area (Å²) in [6.07, 6.45) is 3.83. The van der Waals surface area contributed by atoms with Crippen LogP contribution in [0.2, 0.25) is 0 Å². The van der Waals surface area contributed by atoms with Gasteiger partial charge in [0, 0.05) is 18.8 Å². The quantitative estimate of drug-likeness (QED) is 0.665. The Labute approximate surface area is 149 Å². The highest BCUT2D eigenvalue weighted by molar-refractivity contribution is 5.75. The molecule has 1 aromatic carbocycles. The summed E-state index contributed by atoms with van der Waals surface area (Å²) in [5.41, 5.74) is 0.234. The molecule has 0 saturated carbocycles. The van der Waals surface area contributed by atoms with Crippen LogP contribution >= 0.6 is 0 Å². The maximum Gasteiger partial charge on any atom is 0.223 e. The number of ether oxygens (including phenoxy) is 3. The molecule has 138 valence electrons. The van der Waals surface area contributed by atoms with Crippen LogP contribution in [0.1, 0.15) is 5.56 Å². The van der Waals surface area contributed by atoms with Crippen molar-refractivity contribution in [3.63, 3.8) is 0 Å². The number of nitrogens with zero attached hydrogens (tertiary/aromatic N) is 2. The maximum absolute atomic E-state index is 14.3. The van der Waals surface area contributed by atoms with E-state index < -0.39 is 18.2 Å². The van der Waals surface area contributed by atoms with Gasteiger partial charge < -0.3 is 24.9 Å². The Morgan fingerprint density at radius 2 is 1.77 bits per heavy atom. The Morgan fingerprint density at radius 1 is 1.19 bits per heavy atom. The molecule has 9 heteroatoms. The van der Waals surface area contributed by atoms with Gasteiger partial charge in [0.15, 0.2) is 28.9 Å². The van der Waals surface area contributed by atoms with Gasteiger partial charge in [-0.2, -0.15) is 0 Å². The van der Waals surface area contributed by atoms with E-state index in [0.717, 1.165) is 12.3 Å². The molecule has 1 aromatic heterocycles. The minimum atomic E-state index is -0.866. The first-order valence-electron chi connectivity index (χ1n) is 7.46. The Balaban J connectivity index is 2.09. The zero-order valence-corrected chi connectivity index (χ0v) is 14.3. The van der Waals surface area contributed by atoms with E-state index in [1.165, 1.54) is 26.6 Å². The van der Waals surface area contributed by atoms with Gasteiger partial charge >= 0.3 is 0 Å². The van der Waals surface area contributed by atoms with Crippen molar-refractivity contribution < 1.29 is 23.0 Å². The van der Waals surface area contributed by atoms with E-state index in [9.17, 15) is 8.78 Å². The van der Waals surface area contributed by atoms with Crippen molar-refractivity contribution in [2.45, 2.75) is 6.61 Å². The number of hydrogen-bond acceptors (Lipinski definition) is 7. The molecule has 2 rings (SSSR count). The fraction of sp³-hybridized carbons (Fsp3) is 0.235. The minimum absolute atomic E-state index is 0.149. The lowest BCUT2D eigenvalue weighted by Crippen LogP contribution is -2.08. The number of aromatic nitrogens is 2. The van der Waals surface area contributed by atoms with E-state index in [0.29, 0.717) is 18.1 Å². The van der Waals surface area contributed by atoms with Gasteiger partial charge in [0.05, 0.1) is 32.2 Å². The zero-order chi connectivity index (χ0) is 19.1. The molecule has 26 heavy (non-hydrogen) atoms. The first kappa shape index (κ1) is 19.1. The van der Waals surface area contributed by atoms with Gasteiger partial charge in [-0.15, -0.1) is 0 Å². The molecule has 0 aliphatic rings. The largest absolute Gasteiger partial charge is 0.494 e. The molecule has 0 atom stereocenters. The average molecular weight is 364 g/mol. The predicted molar refractivity (Wildman–Crippen MR) is 92.2 cm³/mol. The van der Waals surface area contributed by atoms with E-state index in [-0.39, 0.29) is 22.8 Å². The lowest BCUT2D eigenvalue weighted by atomic mass is 10.1. The van der Waals surface area contributed by atoms with Crippen LogP contribution in [0.25, 0.3) is 0 Å². The first-order valence-corrected chi connectivity index (χ1v) is 7.46. The lowest BCUT2D eigenvalue weighted by Gasteiger charge is -2.13. The molecule has 0 aliphatic carbocycles. The van der Waals surface area contributed by atoms with Crippen LogP contribution in [0.5, 0.6) is 17.2 Å². The van der Waals surface area contributed by atoms with Crippen molar-refractivity contribution in [1.29, 1.82) is 5.41 Å². The van der Waals surface area contributed by atoms with E-state index in [2.05, 4.69) is 21.9 Å². The van der Waals surface area contributed by atoms with E-state index in [1.807, 2.05) is 0 Å². The zero-order valence-electron chi connectivity index (χ0n) is 14.3. The molecule has 0 amide bonds. The number of nitrogens with one attached hydrogen (secondary N) is 2. The lowest BCUT2D eigenvalue weighted by molar-refractivity contribution is 0.280. The Hall–Kier alpha value is -3.23. The highest BCUT2D eigenvalue weighted by Gasteiger charge is 2.20. The van der Waals surface area contributed by atoms with Crippen molar-refractivity contribution in [2.24, 2.45) is 0 Å². The third kappa shape index (κ3) is 4.44. The topological polar surface area (TPSA) is 89.4 Å². The molecule has 0 radical (unpaired) electrons. The molecular formula is C17H18F2N4O3. The summed E-state index contributed by atoms with van der Waals surface area (Å²) >= 11 is 0. The molecule has 0 fully saturated rings. The summed E-state index contributed by atoms with van der Waals surface area (Å²) in [7, 11) is 2.54. The summed E-state index contributed by atoms with van der Waals surface area (Å²) in [4.78, 5) is 8.02. The summed E-state index contributed by atoms with van der Waals surface area (Å²) in [5.74, 6) is -1.50. The highest BCUT2D eigenvalue weighted by Crippen LogP contribution is 2.31. The molecule has 2 N–H and O–H groups in total. The maximum atomic E-state index is 14.3. The van der Waals surface area contributed by atoms with Crippen LogP contribution in [0, 0.1) is 17.0 Å². The first-order chi connectivity index (χ1) is 12.5. The van der Waals surface area contributed by atoms with Gasteiger partial charge in [0.2, 0.25) is 5.95 Å². The van der Waals surface area contributed by atoms with Gasteiger partial charge in [-0.3, -0.25) is 0 Å². The van der Waals surface area contributed by atoms with Crippen LogP contribution in [0.3, 0.4) is 0 Å². The molecule has 0 unspecified atom stereocenters. The van der Waals surface area contributed by atoms with Crippen LogP contribution in [0.4, 0.5) is 14.7 Å². The molecule has 1 heterocycles. The number of hydrogen-bond donors (Lipinski definition) is 2. The predicted octanol–water partition coefficient (Wildman–Crippen LogP) is 2.97. The average Bonchev–Trinajstić information content (AvgIpc) is 2.67. The second-order valence-corrected chi connectivity index (χ2v) is 5.07. The van der Waals surface area contributed by atoms with Crippen molar-refractivity contribution in [1.82, 2.24) is 9.97 Å². The van der Waals surface area contributed by atoms with Gasteiger partial charge in [-0.05, 0) is 5.57 Å². The molecular weight excluding hydrogens is 346 g/mol. The Morgan fingerprint density at radius 3 is 2.27 bits per heavy atom. The third-order valence-corrected chi connectivity index (χ3v) is 3.35. The van der Waals surface area contributed by atoms with E-state index in [1.54, 1.807) is 0 Å². The summed E-state index contributed by atoms with van der Waals surface area (Å²) in [6, 6.07) is 1.12. The Bertz CT molecular complexity index is 769. The number of rotatable bonds is 9. The summed E-state index contributed by atoms with van der Waals surface area (Å²) in [5, 5.41) is 9.90. The monoisotopic (exact) mass is 364 g/mol. The highest BCUT2D eigenvalue weighted by atomic mass is 19.1. The van der Waals surface area contributed by atoms with Crippen LogP contribution in [-0.2, 0) is 6.61 Å². The van der Waals surface area contributed by atoms with Crippen molar-refractivity contribution in [3.05, 3.63) is 47.8 Å². The molecule has 0 saturated heterocycles. The van der Waals surface area contributed by atoms with Crippen LogP contribution in [-0.4, -0.2) is 36.9 Å². The number of benzene rings is 1. The van der Waals surface area contributed by atoms with E-state index >= 15 is 0 Å². The fourth-order valence-corrected chi connectivity index (χ4v) is 1.94. The van der Waals surface area contributed by atoms with Crippen LogP contribution < -0.4 is 19.5 Å². The second-order valence-electron chi connectivity index (χ2n) is 5.07. The SMILES string of the molecule is C=C(C=N)CNc1ncc(OCc2c(F)c(OC)cc(OC)c2F)cn1. The van der Waals surface area contributed by atoms with Gasteiger partial charge in [-0.1, -0.05) is 6.58 Å². The van der Waals surface area contributed by atoms with E-state index in [4.69, 9.17) is 19.6 Å². The second kappa shape index (κ2) is 8.75. The van der Waals surface area contributed by atoms with Gasteiger partial charge in [0.25, 0.3) is 0 Å². The van der Waals surface area contributed by atoms with Crippen LogP contribution in [0.15, 0.2) is 30.6 Å². The molecule has 0 aliphatic heterocycles. The van der Waals surface area contributed by atoms with Gasteiger partial charge in [0.1, 0.15) is 6.61 Å². The summed E-state index contributed by atoms with van der Waals surface area (Å²) in [6.45, 7) is 3.56. The normalized spacial score (nSPS) is 10.2. The fourth-order valence-electron chi connectivity index (χ4n) is 1.94. The third-order valence-electron chi connectivity index (χ3n) is 3.35.